The Morgan fingerprint density at radius 3 is 2.56 bits per heavy atom. The number of piperazine rings is 1. The summed E-state index contributed by atoms with van der Waals surface area (Å²) in [6, 6.07) is 3.96. The minimum atomic E-state index is 0.657. The van der Waals surface area contributed by atoms with Crippen molar-refractivity contribution in [3.8, 4) is 5.88 Å². The molecule has 1 saturated heterocycles. The Balaban J connectivity index is 1.94. The number of rotatable bonds is 3. The van der Waals surface area contributed by atoms with Crippen LogP contribution in [0.3, 0.4) is 0 Å². The van der Waals surface area contributed by atoms with Crippen molar-refractivity contribution in [2.24, 2.45) is 0 Å². The second-order valence-electron chi connectivity index (χ2n) is 4.28. The van der Waals surface area contributed by atoms with Crippen LogP contribution in [0.15, 0.2) is 18.3 Å². The Morgan fingerprint density at radius 1 is 1.33 bits per heavy atom. The van der Waals surface area contributed by atoms with E-state index in [9.17, 15) is 0 Å². The molecule has 4 nitrogen and oxygen atoms in total. The molecule has 2 heterocycles. The van der Waals surface area contributed by atoms with Crippen LogP contribution < -0.4 is 9.64 Å². The molecule has 1 aromatic heterocycles. The second-order valence-corrected chi connectivity index (χ2v) is 4.75. The van der Waals surface area contributed by atoms with E-state index in [1.54, 1.807) is 7.11 Å². The van der Waals surface area contributed by atoms with Crippen LogP contribution in [-0.4, -0.2) is 48.2 Å². The smallest absolute Gasteiger partial charge is 0.213 e. The van der Waals surface area contributed by atoms with E-state index >= 15 is 0 Å². The first-order valence-electron chi connectivity index (χ1n) is 6.27. The van der Waals surface area contributed by atoms with Crippen molar-refractivity contribution >= 4 is 22.9 Å². The molecule has 2 rings (SSSR count). The van der Waals surface area contributed by atoms with Crippen molar-refractivity contribution in [1.29, 1.82) is 0 Å². The lowest BCUT2D eigenvalue weighted by molar-refractivity contribution is 0.384. The van der Waals surface area contributed by atoms with Gasteiger partial charge in [-0.15, -0.1) is 0 Å². The Morgan fingerprint density at radius 2 is 2.06 bits per heavy atom. The standard InChI is InChI=1S/C13H19N3OS/c1-3-13(18)16-8-6-15(7-9-16)11-4-5-12(17-2)14-10-11/h4-5,10H,3,6-9H2,1-2H3. The summed E-state index contributed by atoms with van der Waals surface area (Å²) in [4.78, 5) is 9.94. The summed E-state index contributed by atoms with van der Waals surface area (Å²) in [6.07, 6.45) is 2.83. The molecule has 0 bridgehead atoms. The molecule has 1 fully saturated rings. The fourth-order valence-electron chi connectivity index (χ4n) is 2.12. The Hall–Kier alpha value is -1.36. The van der Waals surface area contributed by atoms with E-state index in [4.69, 9.17) is 17.0 Å². The van der Waals surface area contributed by atoms with E-state index in [1.807, 2.05) is 12.3 Å². The van der Waals surface area contributed by atoms with Crippen molar-refractivity contribution in [1.82, 2.24) is 9.88 Å². The zero-order valence-corrected chi connectivity index (χ0v) is 11.7. The average Bonchev–Trinajstić information content (AvgIpc) is 2.47. The van der Waals surface area contributed by atoms with Crippen LogP contribution in [0, 0.1) is 0 Å². The fraction of sp³-hybridized carbons (Fsp3) is 0.538. The minimum absolute atomic E-state index is 0.657. The Kier molecular flexibility index (Phi) is 4.36. The third kappa shape index (κ3) is 2.90. The summed E-state index contributed by atoms with van der Waals surface area (Å²) in [5.74, 6) is 0.657. The monoisotopic (exact) mass is 265 g/mol. The molecule has 0 aliphatic carbocycles. The molecule has 1 aliphatic heterocycles. The molecular formula is C13H19N3OS. The zero-order valence-electron chi connectivity index (χ0n) is 10.9. The van der Waals surface area contributed by atoms with Gasteiger partial charge in [0.1, 0.15) is 0 Å². The molecule has 0 unspecified atom stereocenters. The van der Waals surface area contributed by atoms with E-state index in [0.717, 1.165) is 43.3 Å². The van der Waals surface area contributed by atoms with Gasteiger partial charge in [0, 0.05) is 32.2 Å². The largest absolute Gasteiger partial charge is 0.481 e. The Bertz CT molecular complexity index is 399. The highest BCUT2D eigenvalue weighted by Crippen LogP contribution is 2.18. The molecule has 0 spiro atoms. The van der Waals surface area contributed by atoms with Gasteiger partial charge in [-0.1, -0.05) is 19.1 Å². The number of nitrogens with zero attached hydrogens (tertiary/aromatic N) is 3. The van der Waals surface area contributed by atoms with Crippen molar-refractivity contribution in [3.63, 3.8) is 0 Å². The van der Waals surface area contributed by atoms with Crippen molar-refractivity contribution in [3.05, 3.63) is 18.3 Å². The maximum atomic E-state index is 5.34. The summed E-state index contributed by atoms with van der Waals surface area (Å²) in [6.45, 7) is 6.10. The van der Waals surface area contributed by atoms with E-state index in [2.05, 4.69) is 27.8 Å². The number of anilines is 1. The number of aromatic nitrogens is 1. The molecule has 5 heteroatoms. The SMILES string of the molecule is CCC(=S)N1CCN(c2ccc(OC)nc2)CC1. The molecule has 0 N–H and O–H groups in total. The predicted octanol–water partition coefficient (Wildman–Crippen LogP) is 1.95. The van der Waals surface area contributed by atoms with Crippen LogP contribution in [0.5, 0.6) is 5.88 Å². The van der Waals surface area contributed by atoms with Gasteiger partial charge in [0.25, 0.3) is 0 Å². The van der Waals surface area contributed by atoms with Gasteiger partial charge in [0.2, 0.25) is 5.88 Å². The first kappa shape index (κ1) is 13.1. The summed E-state index contributed by atoms with van der Waals surface area (Å²) in [5.41, 5.74) is 1.15. The van der Waals surface area contributed by atoms with Gasteiger partial charge in [0.15, 0.2) is 0 Å². The van der Waals surface area contributed by atoms with Crippen molar-refractivity contribution < 1.29 is 4.74 Å². The third-order valence-electron chi connectivity index (χ3n) is 3.23. The summed E-state index contributed by atoms with van der Waals surface area (Å²) in [5, 5.41) is 0. The van der Waals surface area contributed by atoms with Crippen LogP contribution in [0.4, 0.5) is 5.69 Å². The maximum absolute atomic E-state index is 5.34. The molecule has 98 valence electrons. The van der Waals surface area contributed by atoms with Gasteiger partial charge in [-0.25, -0.2) is 4.98 Å². The lowest BCUT2D eigenvalue weighted by atomic mass is 10.2. The van der Waals surface area contributed by atoms with E-state index in [0.29, 0.717) is 5.88 Å². The van der Waals surface area contributed by atoms with E-state index < -0.39 is 0 Å². The van der Waals surface area contributed by atoms with E-state index in [-0.39, 0.29) is 0 Å². The maximum Gasteiger partial charge on any atom is 0.213 e. The summed E-state index contributed by atoms with van der Waals surface area (Å²) >= 11 is 5.34. The van der Waals surface area contributed by atoms with Crippen LogP contribution in [0.25, 0.3) is 0 Å². The van der Waals surface area contributed by atoms with E-state index in [1.165, 1.54) is 0 Å². The van der Waals surface area contributed by atoms with Gasteiger partial charge in [-0.05, 0) is 12.5 Å². The molecule has 18 heavy (non-hydrogen) atoms. The number of ether oxygens (including phenoxy) is 1. The zero-order chi connectivity index (χ0) is 13.0. The molecule has 1 aromatic rings. The Labute approximate surface area is 114 Å². The number of hydrogen-bond donors (Lipinski definition) is 0. The van der Waals surface area contributed by atoms with Crippen molar-refractivity contribution in [2.75, 3.05) is 38.2 Å². The molecule has 0 radical (unpaired) electrons. The van der Waals surface area contributed by atoms with Gasteiger partial charge in [-0.3, -0.25) is 0 Å². The van der Waals surface area contributed by atoms with Crippen LogP contribution in [-0.2, 0) is 0 Å². The number of pyridine rings is 1. The first-order chi connectivity index (χ1) is 8.74. The lowest BCUT2D eigenvalue weighted by Gasteiger charge is -2.37. The van der Waals surface area contributed by atoms with Crippen LogP contribution >= 0.6 is 12.2 Å². The molecular weight excluding hydrogens is 246 g/mol. The second kappa shape index (κ2) is 6.00. The van der Waals surface area contributed by atoms with Crippen molar-refractivity contribution in [2.45, 2.75) is 13.3 Å². The minimum Gasteiger partial charge on any atom is -0.481 e. The molecule has 0 atom stereocenters. The molecule has 0 aromatic carbocycles. The normalized spacial score (nSPS) is 15.7. The summed E-state index contributed by atoms with van der Waals surface area (Å²) in [7, 11) is 1.63. The highest BCUT2D eigenvalue weighted by Gasteiger charge is 2.18. The highest BCUT2D eigenvalue weighted by molar-refractivity contribution is 7.80. The topological polar surface area (TPSA) is 28.6 Å². The van der Waals surface area contributed by atoms with Crippen LogP contribution in [0.1, 0.15) is 13.3 Å². The third-order valence-corrected chi connectivity index (χ3v) is 3.78. The van der Waals surface area contributed by atoms with Crippen LogP contribution in [0.2, 0.25) is 0 Å². The fourth-order valence-corrected chi connectivity index (χ4v) is 2.30. The highest BCUT2D eigenvalue weighted by atomic mass is 32.1. The van der Waals surface area contributed by atoms with Gasteiger partial charge >= 0.3 is 0 Å². The average molecular weight is 265 g/mol. The summed E-state index contributed by atoms with van der Waals surface area (Å²) < 4.78 is 5.06. The molecule has 0 amide bonds. The van der Waals surface area contributed by atoms with Gasteiger partial charge in [0.05, 0.1) is 24.0 Å². The van der Waals surface area contributed by atoms with Gasteiger partial charge in [-0.2, -0.15) is 0 Å². The van der Waals surface area contributed by atoms with Gasteiger partial charge < -0.3 is 14.5 Å². The number of hydrogen-bond acceptors (Lipinski definition) is 4. The number of methoxy groups -OCH3 is 1. The number of thiocarbonyl (C=S) groups is 1. The molecule has 1 aliphatic rings. The quantitative estimate of drug-likeness (QED) is 0.779. The predicted molar refractivity (Wildman–Crippen MR) is 77.5 cm³/mol. The lowest BCUT2D eigenvalue weighted by Crippen LogP contribution is -2.48. The molecule has 0 saturated carbocycles. The first-order valence-corrected chi connectivity index (χ1v) is 6.68.